The van der Waals surface area contributed by atoms with Crippen molar-refractivity contribution in [1.82, 2.24) is 0 Å². The van der Waals surface area contributed by atoms with Gasteiger partial charge in [0.2, 0.25) is 0 Å². The van der Waals surface area contributed by atoms with E-state index in [1.165, 1.54) is 22.3 Å². The molecule has 0 amide bonds. The van der Waals surface area contributed by atoms with E-state index in [1.807, 2.05) is 12.1 Å². The van der Waals surface area contributed by atoms with Gasteiger partial charge in [0.15, 0.2) is 0 Å². The molecule has 0 N–H and O–H groups in total. The van der Waals surface area contributed by atoms with Crippen LogP contribution in [0.1, 0.15) is 46.1 Å². The van der Waals surface area contributed by atoms with Crippen LogP contribution in [0.3, 0.4) is 0 Å². The minimum Gasteiger partial charge on any atom is -0.490 e. The van der Waals surface area contributed by atoms with Crippen LogP contribution in [0.15, 0.2) is 53.1 Å². The van der Waals surface area contributed by atoms with Gasteiger partial charge in [0.05, 0.1) is 0 Å². The van der Waals surface area contributed by atoms with E-state index in [0.29, 0.717) is 6.61 Å². The van der Waals surface area contributed by atoms with Gasteiger partial charge in [-0.1, -0.05) is 56.9 Å². The van der Waals surface area contributed by atoms with E-state index in [2.05, 4.69) is 74.0 Å². The normalized spacial score (nSPS) is 12.2. The summed E-state index contributed by atoms with van der Waals surface area (Å²) in [6, 6.07) is 8.24. The number of rotatable bonds is 8. The molecule has 1 aromatic carbocycles. The Hall–Kier alpha value is -1.28. The number of allylic oxidation sites excluding steroid dienone is 4. The van der Waals surface area contributed by atoms with Gasteiger partial charge in [0, 0.05) is 5.33 Å². The number of ether oxygens (including phenoxy) is 1. The van der Waals surface area contributed by atoms with Crippen molar-refractivity contribution in [2.75, 3.05) is 11.9 Å². The van der Waals surface area contributed by atoms with Crippen molar-refractivity contribution in [3.63, 3.8) is 0 Å². The van der Waals surface area contributed by atoms with E-state index < -0.39 is 0 Å². The van der Waals surface area contributed by atoms with Crippen molar-refractivity contribution in [1.29, 1.82) is 0 Å². The molecule has 1 nitrogen and oxygen atoms in total. The molecule has 0 aliphatic rings. The molecule has 0 aromatic heterocycles. The predicted molar refractivity (Wildman–Crippen MR) is 102 cm³/mol. The van der Waals surface area contributed by atoms with Gasteiger partial charge in [-0.2, -0.15) is 0 Å². The van der Waals surface area contributed by atoms with Crippen molar-refractivity contribution < 1.29 is 4.74 Å². The summed E-state index contributed by atoms with van der Waals surface area (Å²) in [7, 11) is 0. The van der Waals surface area contributed by atoms with Gasteiger partial charge in [-0.25, -0.2) is 0 Å². The standard InChI is InChI=1S/C20H27BrO/c1-16(2)6-5-7-17(3)12-13-22-20-10-8-19(9-11-20)14-18(4)15-21/h6,8-12,14H,5,7,13,15H2,1-4H3/b17-12+,18-14+. The Bertz CT molecular complexity index is 531. The minimum absolute atomic E-state index is 0.635. The summed E-state index contributed by atoms with van der Waals surface area (Å²) in [4.78, 5) is 0. The van der Waals surface area contributed by atoms with Gasteiger partial charge in [-0.15, -0.1) is 0 Å². The summed E-state index contributed by atoms with van der Waals surface area (Å²) in [5, 5.41) is 0.905. The first-order chi connectivity index (χ1) is 10.5. The van der Waals surface area contributed by atoms with Crippen LogP contribution in [0.25, 0.3) is 6.08 Å². The maximum absolute atomic E-state index is 5.77. The lowest BCUT2D eigenvalue weighted by molar-refractivity contribution is 0.361. The maximum atomic E-state index is 5.77. The zero-order valence-corrected chi connectivity index (χ0v) is 15.7. The molecule has 0 radical (unpaired) electrons. The predicted octanol–water partition coefficient (Wildman–Crippen LogP) is 6.56. The molecule has 0 aliphatic heterocycles. The van der Waals surface area contributed by atoms with Gasteiger partial charge in [0.25, 0.3) is 0 Å². The van der Waals surface area contributed by atoms with Gasteiger partial charge >= 0.3 is 0 Å². The molecule has 0 aliphatic carbocycles. The van der Waals surface area contributed by atoms with Crippen LogP contribution in [0.2, 0.25) is 0 Å². The Morgan fingerprint density at radius 2 is 1.68 bits per heavy atom. The SMILES string of the molecule is CC(C)=CCC/C(C)=C/COc1ccc(/C=C(\C)CBr)cc1. The molecule has 1 rings (SSSR count). The second-order valence-electron chi connectivity index (χ2n) is 5.87. The molecule has 0 atom stereocenters. The van der Waals surface area contributed by atoms with E-state index >= 15 is 0 Å². The topological polar surface area (TPSA) is 9.23 Å². The van der Waals surface area contributed by atoms with Crippen LogP contribution < -0.4 is 4.74 Å². The molecule has 22 heavy (non-hydrogen) atoms. The number of benzene rings is 1. The fourth-order valence-electron chi connectivity index (χ4n) is 1.95. The lowest BCUT2D eigenvalue weighted by Gasteiger charge is -2.05. The summed E-state index contributed by atoms with van der Waals surface area (Å²) in [5.41, 5.74) is 5.28. The molecule has 120 valence electrons. The van der Waals surface area contributed by atoms with Crippen LogP contribution in [0.5, 0.6) is 5.75 Å². The summed E-state index contributed by atoms with van der Waals surface area (Å²) in [6.45, 7) is 9.19. The van der Waals surface area contributed by atoms with E-state index in [0.717, 1.165) is 23.9 Å². The maximum Gasteiger partial charge on any atom is 0.119 e. The summed E-state index contributed by atoms with van der Waals surface area (Å²) >= 11 is 3.46. The Labute approximate surface area is 143 Å². The Morgan fingerprint density at radius 3 is 2.27 bits per heavy atom. The van der Waals surface area contributed by atoms with Crippen molar-refractivity contribution in [2.24, 2.45) is 0 Å². The Balaban J connectivity index is 2.43. The van der Waals surface area contributed by atoms with Crippen molar-refractivity contribution in [3.8, 4) is 5.75 Å². The first-order valence-electron chi connectivity index (χ1n) is 7.76. The highest BCUT2D eigenvalue weighted by molar-refractivity contribution is 9.09. The third kappa shape index (κ3) is 8.23. The van der Waals surface area contributed by atoms with Crippen molar-refractivity contribution >= 4 is 22.0 Å². The highest BCUT2D eigenvalue weighted by Gasteiger charge is 1.95. The Morgan fingerprint density at radius 1 is 1.00 bits per heavy atom. The number of halogens is 1. The van der Waals surface area contributed by atoms with E-state index in [4.69, 9.17) is 4.74 Å². The van der Waals surface area contributed by atoms with Gasteiger partial charge in [-0.3, -0.25) is 0 Å². The molecule has 0 spiro atoms. The monoisotopic (exact) mass is 362 g/mol. The van der Waals surface area contributed by atoms with Crippen LogP contribution in [-0.2, 0) is 0 Å². The van der Waals surface area contributed by atoms with Crippen molar-refractivity contribution in [2.45, 2.75) is 40.5 Å². The van der Waals surface area contributed by atoms with Gasteiger partial charge < -0.3 is 4.74 Å². The van der Waals surface area contributed by atoms with E-state index in [9.17, 15) is 0 Å². The Kier molecular flexibility index (Phi) is 8.91. The largest absolute Gasteiger partial charge is 0.490 e. The smallest absolute Gasteiger partial charge is 0.119 e. The summed E-state index contributed by atoms with van der Waals surface area (Å²) < 4.78 is 5.77. The highest BCUT2D eigenvalue weighted by atomic mass is 79.9. The average Bonchev–Trinajstić information content (AvgIpc) is 2.48. The fourth-order valence-corrected chi connectivity index (χ4v) is 2.12. The zero-order valence-electron chi connectivity index (χ0n) is 14.2. The van der Waals surface area contributed by atoms with E-state index in [1.54, 1.807) is 0 Å². The molecule has 0 saturated carbocycles. The van der Waals surface area contributed by atoms with Gasteiger partial charge in [-0.05, 0) is 64.3 Å². The fraction of sp³-hybridized carbons (Fsp3) is 0.400. The lowest BCUT2D eigenvalue weighted by Crippen LogP contribution is -1.94. The highest BCUT2D eigenvalue weighted by Crippen LogP contribution is 2.15. The third-order valence-corrected chi connectivity index (χ3v) is 4.16. The van der Waals surface area contributed by atoms with Crippen LogP contribution in [0, 0.1) is 0 Å². The molecule has 0 unspecified atom stereocenters. The molecule has 2 heteroatoms. The van der Waals surface area contributed by atoms with Crippen LogP contribution in [-0.4, -0.2) is 11.9 Å². The second-order valence-corrected chi connectivity index (χ2v) is 6.44. The van der Waals surface area contributed by atoms with Crippen molar-refractivity contribution in [3.05, 3.63) is 58.7 Å². The van der Waals surface area contributed by atoms with Crippen LogP contribution in [0.4, 0.5) is 0 Å². The first kappa shape index (κ1) is 18.8. The average molecular weight is 363 g/mol. The number of hydrogen-bond donors (Lipinski definition) is 0. The molecule has 0 fully saturated rings. The minimum atomic E-state index is 0.635. The molecule has 0 heterocycles. The second kappa shape index (κ2) is 10.4. The quantitative estimate of drug-likeness (QED) is 0.376. The van der Waals surface area contributed by atoms with Crippen LogP contribution >= 0.6 is 15.9 Å². The molecular weight excluding hydrogens is 336 g/mol. The number of alkyl halides is 1. The molecule has 0 bridgehead atoms. The zero-order chi connectivity index (χ0) is 16.4. The first-order valence-corrected chi connectivity index (χ1v) is 8.88. The number of hydrogen-bond acceptors (Lipinski definition) is 1. The molecule has 1 aromatic rings. The summed E-state index contributed by atoms with van der Waals surface area (Å²) in [6.07, 6.45) is 8.83. The third-order valence-electron chi connectivity index (χ3n) is 3.28. The molecule has 0 saturated heterocycles. The lowest BCUT2D eigenvalue weighted by atomic mass is 10.1. The molecular formula is C20H27BrO. The van der Waals surface area contributed by atoms with E-state index in [-0.39, 0.29) is 0 Å². The van der Waals surface area contributed by atoms with Gasteiger partial charge in [0.1, 0.15) is 12.4 Å². The summed E-state index contributed by atoms with van der Waals surface area (Å²) in [5.74, 6) is 0.919.